The maximum atomic E-state index is 12.2. The zero-order valence-corrected chi connectivity index (χ0v) is 15.9. The van der Waals surface area contributed by atoms with Crippen LogP contribution in [0, 0.1) is 13.8 Å². The summed E-state index contributed by atoms with van der Waals surface area (Å²) in [5.41, 5.74) is 5.38. The smallest absolute Gasteiger partial charge is 0.329 e. The van der Waals surface area contributed by atoms with Gasteiger partial charge in [0.2, 0.25) is 0 Å². The van der Waals surface area contributed by atoms with Crippen LogP contribution in [0.3, 0.4) is 0 Å². The molecule has 2 rings (SSSR count). The molecule has 8 heteroatoms. The first-order valence-electron chi connectivity index (χ1n) is 8.54. The van der Waals surface area contributed by atoms with Crippen molar-refractivity contribution in [3.63, 3.8) is 0 Å². The van der Waals surface area contributed by atoms with Gasteiger partial charge >= 0.3 is 11.8 Å². The Hall–Kier alpha value is -3.68. The third kappa shape index (κ3) is 5.94. The highest BCUT2D eigenvalue weighted by atomic mass is 16.5. The first-order chi connectivity index (χ1) is 13.4. The van der Waals surface area contributed by atoms with Crippen molar-refractivity contribution in [1.29, 1.82) is 0 Å². The van der Waals surface area contributed by atoms with Gasteiger partial charge < -0.3 is 15.4 Å². The molecule has 0 aliphatic heterocycles. The Labute approximate surface area is 163 Å². The topological polar surface area (TPSA) is 109 Å². The van der Waals surface area contributed by atoms with E-state index in [1.807, 2.05) is 32.0 Å². The Morgan fingerprint density at radius 2 is 1.82 bits per heavy atom. The predicted molar refractivity (Wildman–Crippen MR) is 106 cm³/mol. The van der Waals surface area contributed by atoms with E-state index in [-0.39, 0.29) is 12.5 Å². The lowest BCUT2D eigenvalue weighted by molar-refractivity contribution is -0.138. The number of ether oxygens (including phenoxy) is 1. The number of amides is 3. The molecule has 3 amide bonds. The maximum absolute atomic E-state index is 12.2. The van der Waals surface area contributed by atoms with Gasteiger partial charge in [-0.05, 0) is 43.2 Å². The van der Waals surface area contributed by atoms with Crippen LogP contribution in [0.4, 0.5) is 5.69 Å². The molecule has 0 aromatic heterocycles. The molecule has 146 valence electrons. The number of anilines is 1. The van der Waals surface area contributed by atoms with Crippen LogP contribution in [0.2, 0.25) is 0 Å². The van der Waals surface area contributed by atoms with Gasteiger partial charge in [0, 0.05) is 18.3 Å². The predicted octanol–water partition coefficient (Wildman–Crippen LogP) is 1.52. The monoisotopic (exact) mass is 382 g/mol. The van der Waals surface area contributed by atoms with Crippen molar-refractivity contribution in [3.05, 3.63) is 59.2 Å². The molecule has 0 saturated carbocycles. The van der Waals surface area contributed by atoms with E-state index in [2.05, 4.69) is 21.2 Å². The van der Waals surface area contributed by atoms with Crippen molar-refractivity contribution >= 4 is 29.6 Å². The number of benzene rings is 2. The highest BCUT2D eigenvalue weighted by Crippen LogP contribution is 2.18. The van der Waals surface area contributed by atoms with Gasteiger partial charge in [-0.2, -0.15) is 5.10 Å². The summed E-state index contributed by atoms with van der Waals surface area (Å²) >= 11 is 0. The Bertz CT molecular complexity index is 909. The van der Waals surface area contributed by atoms with Crippen molar-refractivity contribution in [1.82, 2.24) is 10.7 Å². The van der Waals surface area contributed by atoms with E-state index in [0.717, 1.165) is 16.8 Å². The number of nitrogens with zero attached hydrogens (tertiary/aromatic N) is 1. The Balaban J connectivity index is 1.97. The van der Waals surface area contributed by atoms with Gasteiger partial charge in [-0.25, -0.2) is 5.43 Å². The lowest BCUT2D eigenvalue weighted by Gasteiger charge is -2.11. The van der Waals surface area contributed by atoms with Gasteiger partial charge in [0.25, 0.3) is 5.91 Å². The summed E-state index contributed by atoms with van der Waals surface area (Å²) in [6, 6.07) is 12.7. The molecule has 0 heterocycles. The SMILES string of the molecule is CNC(=O)C(=O)N/N=C\c1ccccc1OCC(=O)Nc1cc(C)ccc1C. The van der Waals surface area contributed by atoms with Gasteiger partial charge in [0.15, 0.2) is 6.61 Å². The molecule has 0 radical (unpaired) electrons. The minimum atomic E-state index is -0.884. The van der Waals surface area contributed by atoms with Crippen LogP contribution in [0.25, 0.3) is 0 Å². The number of carbonyl (C=O) groups excluding carboxylic acids is 3. The summed E-state index contributed by atoms with van der Waals surface area (Å²) in [4.78, 5) is 34.7. The highest BCUT2D eigenvalue weighted by Gasteiger charge is 2.10. The van der Waals surface area contributed by atoms with E-state index in [9.17, 15) is 14.4 Å². The molecule has 8 nitrogen and oxygen atoms in total. The molecule has 0 saturated heterocycles. The normalized spacial score (nSPS) is 10.4. The first kappa shape index (κ1) is 20.6. The number of aryl methyl sites for hydroxylation is 2. The van der Waals surface area contributed by atoms with Crippen LogP contribution in [-0.4, -0.2) is 37.6 Å². The fraction of sp³-hybridized carbons (Fsp3) is 0.200. The van der Waals surface area contributed by atoms with E-state index >= 15 is 0 Å². The highest BCUT2D eigenvalue weighted by molar-refractivity contribution is 6.35. The van der Waals surface area contributed by atoms with E-state index < -0.39 is 11.8 Å². The van der Waals surface area contributed by atoms with Crippen molar-refractivity contribution in [2.24, 2.45) is 5.10 Å². The second-order valence-corrected chi connectivity index (χ2v) is 5.97. The summed E-state index contributed by atoms with van der Waals surface area (Å²) in [6.45, 7) is 3.67. The number of hydrazone groups is 1. The summed E-state index contributed by atoms with van der Waals surface area (Å²) in [6.07, 6.45) is 1.33. The lowest BCUT2D eigenvalue weighted by atomic mass is 10.1. The molecule has 28 heavy (non-hydrogen) atoms. The molecule has 0 spiro atoms. The third-order valence-electron chi connectivity index (χ3n) is 3.75. The van der Waals surface area contributed by atoms with E-state index in [0.29, 0.717) is 11.3 Å². The molecule has 0 fully saturated rings. The summed E-state index contributed by atoms with van der Waals surface area (Å²) < 4.78 is 5.57. The van der Waals surface area contributed by atoms with Crippen LogP contribution in [0.15, 0.2) is 47.6 Å². The molecule has 0 unspecified atom stereocenters. The van der Waals surface area contributed by atoms with Crippen LogP contribution >= 0.6 is 0 Å². The maximum Gasteiger partial charge on any atom is 0.329 e. The zero-order valence-electron chi connectivity index (χ0n) is 15.9. The zero-order chi connectivity index (χ0) is 20.5. The molecule has 2 aromatic rings. The minimum absolute atomic E-state index is 0.192. The average molecular weight is 382 g/mol. The van der Waals surface area contributed by atoms with Crippen molar-refractivity contribution in [3.8, 4) is 5.75 Å². The number of hydrogen-bond donors (Lipinski definition) is 3. The van der Waals surface area contributed by atoms with Crippen molar-refractivity contribution in [2.75, 3.05) is 19.0 Å². The number of rotatable bonds is 6. The van der Waals surface area contributed by atoms with Gasteiger partial charge in [-0.15, -0.1) is 0 Å². The first-order valence-corrected chi connectivity index (χ1v) is 8.54. The average Bonchev–Trinajstić information content (AvgIpc) is 2.69. The Morgan fingerprint density at radius 3 is 2.57 bits per heavy atom. The fourth-order valence-corrected chi connectivity index (χ4v) is 2.24. The molecule has 0 aliphatic carbocycles. The minimum Gasteiger partial charge on any atom is -0.483 e. The summed E-state index contributed by atoms with van der Waals surface area (Å²) in [5, 5.41) is 8.73. The summed E-state index contributed by atoms with van der Waals surface area (Å²) in [5.74, 6) is -1.57. The van der Waals surface area contributed by atoms with E-state index in [4.69, 9.17) is 4.74 Å². The number of hydrogen-bond acceptors (Lipinski definition) is 5. The Morgan fingerprint density at radius 1 is 1.07 bits per heavy atom. The second kappa shape index (κ2) is 9.86. The summed E-state index contributed by atoms with van der Waals surface area (Å²) in [7, 11) is 1.35. The molecular weight excluding hydrogens is 360 g/mol. The van der Waals surface area contributed by atoms with Crippen molar-refractivity contribution in [2.45, 2.75) is 13.8 Å². The van der Waals surface area contributed by atoms with Crippen LogP contribution in [0.1, 0.15) is 16.7 Å². The number of likely N-dealkylation sites (N-methyl/N-ethyl adjacent to an activating group) is 1. The lowest BCUT2D eigenvalue weighted by Crippen LogP contribution is -2.35. The third-order valence-corrected chi connectivity index (χ3v) is 3.75. The second-order valence-electron chi connectivity index (χ2n) is 5.97. The Kier molecular flexibility index (Phi) is 7.27. The number of nitrogens with one attached hydrogen (secondary N) is 3. The molecular formula is C20H22N4O4. The van der Waals surface area contributed by atoms with Gasteiger partial charge in [-0.1, -0.05) is 24.3 Å². The molecule has 0 aliphatic rings. The largest absolute Gasteiger partial charge is 0.483 e. The molecule has 0 bridgehead atoms. The molecule has 0 atom stereocenters. The fourth-order valence-electron chi connectivity index (χ4n) is 2.24. The number of carbonyl (C=O) groups is 3. The quantitative estimate of drug-likeness (QED) is 0.400. The van der Waals surface area contributed by atoms with Gasteiger partial charge in [-0.3, -0.25) is 14.4 Å². The molecule has 3 N–H and O–H groups in total. The van der Waals surface area contributed by atoms with Gasteiger partial charge in [0.1, 0.15) is 5.75 Å². The van der Waals surface area contributed by atoms with Crippen LogP contribution < -0.4 is 20.8 Å². The number of para-hydroxylation sites is 1. The standard InChI is InChI=1S/C20H22N4O4/c1-13-8-9-14(2)16(10-13)23-18(25)12-28-17-7-5-4-6-15(17)11-22-24-20(27)19(26)21-3/h4-11H,12H2,1-3H3,(H,21,26)(H,23,25)(H,24,27)/b22-11-. The molecule has 2 aromatic carbocycles. The van der Waals surface area contributed by atoms with E-state index in [1.165, 1.54) is 13.3 Å². The van der Waals surface area contributed by atoms with Gasteiger partial charge in [0.05, 0.1) is 6.21 Å². The van der Waals surface area contributed by atoms with Crippen LogP contribution in [0.5, 0.6) is 5.75 Å². The van der Waals surface area contributed by atoms with E-state index in [1.54, 1.807) is 24.3 Å². The van der Waals surface area contributed by atoms with Crippen LogP contribution in [-0.2, 0) is 14.4 Å². The van der Waals surface area contributed by atoms with Crippen molar-refractivity contribution < 1.29 is 19.1 Å².